The van der Waals surface area contributed by atoms with Gasteiger partial charge in [0.15, 0.2) is 0 Å². The summed E-state index contributed by atoms with van der Waals surface area (Å²) >= 11 is 0. The van der Waals surface area contributed by atoms with Crippen molar-refractivity contribution in [2.24, 2.45) is 0 Å². The average molecular weight is 290 g/mol. The Kier molecular flexibility index (Phi) is 5.47. The molecule has 90 valence electrons. The van der Waals surface area contributed by atoms with Crippen LogP contribution in [0.1, 0.15) is 11.8 Å². The van der Waals surface area contributed by atoms with Gasteiger partial charge in [-0.2, -0.15) is 16.8 Å². The minimum absolute atomic E-state index is 0. The van der Waals surface area contributed by atoms with Crippen LogP contribution in [-0.2, 0) is 20.2 Å². The second kappa shape index (κ2) is 5.57. The molecule has 0 aliphatic heterocycles. The Balaban J connectivity index is 0. The molecular weight excluding hydrogens is 283 g/mol. The Labute approximate surface area is 121 Å². The van der Waals surface area contributed by atoms with Crippen LogP contribution in [0.3, 0.4) is 0 Å². The van der Waals surface area contributed by atoms with Crippen LogP contribution in [-0.4, -0.2) is 32.2 Å². The maximum Gasteiger partial charge on any atom is 1.00 e. The number of carbonyl (C=O) groups is 1. The predicted molar refractivity (Wildman–Crippen MR) is 52.6 cm³/mol. The van der Waals surface area contributed by atoms with E-state index in [1.807, 2.05) is 0 Å². The monoisotopic (exact) mass is 290 g/mol. The van der Waals surface area contributed by atoms with Crippen molar-refractivity contribution in [3.63, 3.8) is 0 Å². The molecule has 0 aromatic heterocycles. The van der Waals surface area contributed by atoms with E-state index in [0.717, 1.165) is 12.1 Å². The first-order valence-electron chi connectivity index (χ1n) is 3.70. The quantitative estimate of drug-likeness (QED) is 0.347. The number of hydrogen-bond acceptors (Lipinski definition) is 5. The fourth-order valence-corrected chi connectivity index (χ4v) is 2.16. The van der Waals surface area contributed by atoms with E-state index < -0.39 is 30.0 Å². The maximum atomic E-state index is 10.7. The van der Waals surface area contributed by atoms with Crippen molar-refractivity contribution in [3.8, 4) is 0 Å². The summed E-state index contributed by atoms with van der Waals surface area (Å²) in [5.41, 5.74) is -0.303. The van der Waals surface area contributed by atoms with Gasteiger partial charge in [0.05, 0.1) is 9.79 Å². The number of rotatable bonds is 3. The average Bonchev–Trinajstić information content (AvgIpc) is 2.14. The third kappa shape index (κ3) is 4.47. The van der Waals surface area contributed by atoms with Crippen LogP contribution in [0.15, 0.2) is 28.0 Å². The Morgan fingerprint density at radius 2 is 1.29 bits per heavy atom. The van der Waals surface area contributed by atoms with Gasteiger partial charge in [-0.05, 0) is 18.2 Å². The third-order valence-corrected chi connectivity index (χ3v) is 3.30. The van der Waals surface area contributed by atoms with E-state index in [9.17, 15) is 21.6 Å². The van der Waals surface area contributed by atoms with Crippen LogP contribution in [0, 0.1) is 0 Å². The summed E-state index contributed by atoms with van der Waals surface area (Å²) in [6.07, 6.45) is 0.184. The summed E-state index contributed by atoms with van der Waals surface area (Å²) in [6, 6.07) is 2.09. The number of hydrogen-bond donors (Lipinski definition) is 2. The van der Waals surface area contributed by atoms with Gasteiger partial charge in [-0.25, -0.2) is 0 Å². The van der Waals surface area contributed by atoms with E-state index in [4.69, 9.17) is 9.11 Å². The van der Waals surface area contributed by atoms with E-state index in [2.05, 4.69) is 0 Å². The molecule has 0 aliphatic carbocycles. The van der Waals surface area contributed by atoms with Crippen molar-refractivity contribution in [3.05, 3.63) is 23.8 Å². The normalized spacial score (nSPS) is 11.6. The molecule has 0 atom stereocenters. The molecule has 10 heteroatoms. The topological polar surface area (TPSA) is 126 Å². The molecule has 0 radical (unpaired) electrons. The molecule has 1 aromatic rings. The summed E-state index contributed by atoms with van der Waals surface area (Å²) in [7, 11) is -9.31. The zero-order valence-corrected chi connectivity index (χ0v) is 12.2. The van der Waals surface area contributed by atoms with E-state index in [0.29, 0.717) is 6.07 Å². The molecule has 0 aliphatic rings. The van der Waals surface area contributed by atoms with Crippen LogP contribution in [0.4, 0.5) is 0 Å². The summed E-state index contributed by atoms with van der Waals surface area (Å²) in [6.45, 7) is 0. The first-order valence-corrected chi connectivity index (χ1v) is 6.58. The molecule has 0 fully saturated rings. The predicted octanol–water partition coefficient (Wildman–Crippen LogP) is -2.89. The Morgan fingerprint density at radius 1 is 0.941 bits per heavy atom. The molecule has 0 amide bonds. The second-order valence-electron chi connectivity index (χ2n) is 2.81. The molecule has 0 bridgehead atoms. The molecule has 7 nitrogen and oxygen atoms in total. The SMILES string of the molecule is O=Cc1cc(S(=O)(=O)O)cc(S(=O)(=O)O)c1.[H-].[Na+]. The molecule has 1 rings (SSSR count). The van der Waals surface area contributed by atoms with Crippen molar-refractivity contribution in [2.75, 3.05) is 0 Å². The third-order valence-electron chi connectivity index (χ3n) is 1.63. The van der Waals surface area contributed by atoms with E-state index >= 15 is 0 Å². The first kappa shape index (κ1) is 16.7. The number of benzene rings is 1. The summed E-state index contributed by atoms with van der Waals surface area (Å²) in [4.78, 5) is 8.84. The van der Waals surface area contributed by atoms with Crippen molar-refractivity contribution >= 4 is 26.5 Å². The summed E-state index contributed by atoms with van der Waals surface area (Å²) in [5.74, 6) is 0. The van der Waals surface area contributed by atoms with Crippen LogP contribution >= 0.6 is 0 Å². The second-order valence-corrected chi connectivity index (χ2v) is 5.65. The molecular formula is C7H7NaO7S2. The number of carbonyl (C=O) groups excluding carboxylic acids is 1. The van der Waals surface area contributed by atoms with Crippen molar-refractivity contribution in [1.82, 2.24) is 0 Å². The van der Waals surface area contributed by atoms with Crippen LogP contribution in [0.2, 0.25) is 0 Å². The number of aldehydes is 1. The molecule has 0 saturated carbocycles. The summed E-state index contributed by atoms with van der Waals surface area (Å²) < 4.78 is 60.3. The van der Waals surface area contributed by atoms with E-state index in [1.165, 1.54) is 0 Å². The minimum Gasteiger partial charge on any atom is -1.00 e. The van der Waals surface area contributed by atoms with Gasteiger partial charge in [0, 0.05) is 5.56 Å². The molecule has 0 spiro atoms. The van der Waals surface area contributed by atoms with Crippen molar-refractivity contribution < 1.29 is 61.7 Å². The van der Waals surface area contributed by atoms with E-state index in [1.54, 1.807) is 0 Å². The molecule has 2 N–H and O–H groups in total. The van der Waals surface area contributed by atoms with Gasteiger partial charge in [-0.1, -0.05) is 0 Å². The molecule has 0 saturated heterocycles. The van der Waals surface area contributed by atoms with Gasteiger partial charge >= 0.3 is 29.6 Å². The Morgan fingerprint density at radius 3 is 1.53 bits per heavy atom. The summed E-state index contributed by atoms with van der Waals surface area (Å²) in [5, 5.41) is 0. The van der Waals surface area contributed by atoms with Gasteiger partial charge in [-0.15, -0.1) is 0 Å². The van der Waals surface area contributed by atoms with Gasteiger partial charge in [0.25, 0.3) is 20.2 Å². The van der Waals surface area contributed by atoms with Gasteiger partial charge in [0.1, 0.15) is 6.29 Å². The Hall–Kier alpha value is -0.290. The van der Waals surface area contributed by atoms with Crippen molar-refractivity contribution in [1.29, 1.82) is 0 Å². The van der Waals surface area contributed by atoms with Crippen LogP contribution < -0.4 is 29.6 Å². The van der Waals surface area contributed by atoms with Gasteiger partial charge in [-0.3, -0.25) is 13.9 Å². The van der Waals surface area contributed by atoms with Gasteiger partial charge < -0.3 is 1.43 Å². The fourth-order valence-electron chi connectivity index (χ4n) is 0.960. The maximum absolute atomic E-state index is 10.7. The fraction of sp³-hybridized carbons (Fsp3) is 0. The zero-order chi connectivity index (χ0) is 12.6. The Bertz CT molecular complexity index is 588. The largest absolute Gasteiger partial charge is 1.00 e. The van der Waals surface area contributed by atoms with Crippen LogP contribution in [0.25, 0.3) is 0 Å². The van der Waals surface area contributed by atoms with Crippen LogP contribution in [0.5, 0.6) is 0 Å². The first-order chi connectivity index (χ1) is 7.14. The van der Waals surface area contributed by atoms with Crippen molar-refractivity contribution in [2.45, 2.75) is 9.79 Å². The molecule has 0 heterocycles. The molecule has 0 unspecified atom stereocenters. The smallest absolute Gasteiger partial charge is 1.00 e. The van der Waals surface area contributed by atoms with Gasteiger partial charge in [0.2, 0.25) is 0 Å². The molecule has 1 aromatic carbocycles. The minimum atomic E-state index is -4.65. The standard InChI is InChI=1S/C7H6O7S2.Na.H/c8-4-5-1-6(15(9,10)11)3-7(2-5)16(12,13)14;;/h1-4H,(H,9,10,11)(H,12,13,14);;/q;+1;-1. The molecule has 17 heavy (non-hydrogen) atoms. The van der Waals surface area contributed by atoms with E-state index in [-0.39, 0.29) is 42.8 Å². The zero-order valence-electron chi connectivity index (χ0n) is 9.56.